The molecule has 0 heterocycles. The molecule has 6 heteroatoms. The van der Waals surface area contributed by atoms with Crippen LogP contribution in [0.15, 0.2) is 36.4 Å². The minimum Gasteiger partial charge on any atom is -0.373 e. The minimum atomic E-state index is -0.836. The van der Waals surface area contributed by atoms with Gasteiger partial charge in [-0.1, -0.05) is 18.7 Å². The average molecular weight is 280 g/mol. The molecule has 1 rings (SSSR count). The van der Waals surface area contributed by atoms with Gasteiger partial charge in [-0.3, -0.25) is 5.26 Å². The molecule has 0 unspecified atom stereocenters. The van der Waals surface area contributed by atoms with E-state index in [-0.39, 0.29) is 17.9 Å². The normalized spacial score (nSPS) is 12.2. The van der Waals surface area contributed by atoms with E-state index in [1.165, 1.54) is 0 Å². The highest BCUT2D eigenvalue weighted by atomic mass is 19.1. The van der Waals surface area contributed by atoms with E-state index >= 15 is 0 Å². The van der Waals surface area contributed by atoms with Gasteiger partial charge in [0.15, 0.2) is 0 Å². The lowest BCUT2D eigenvalue weighted by molar-refractivity contribution is -0.242. The van der Waals surface area contributed by atoms with Crippen LogP contribution in [0.3, 0.4) is 0 Å². The first-order valence-electron chi connectivity index (χ1n) is 5.77. The molecule has 1 aromatic rings. The lowest BCUT2D eigenvalue weighted by Crippen LogP contribution is -2.27. The molecule has 0 radical (unpaired) electrons. The molecule has 106 valence electrons. The van der Waals surface area contributed by atoms with Crippen LogP contribution < -0.4 is 5.32 Å². The van der Waals surface area contributed by atoms with E-state index in [4.69, 9.17) is 10.5 Å². The van der Waals surface area contributed by atoms with Gasteiger partial charge in [-0.05, 0) is 18.6 Å². The standard InChI is InChI=1S/C14H14F2N2O2/c1-3-4-9(2)14(8-20-19)18-13-6-11(15)10(7-17)5-12(13)16/h3-6,14,18-19H,2,8H2,1H3/b4-3-/t14-/m0/s1. The summed E-state index contributed by atoms with van der Waals surface area (Å²) < 4.78 is 27.2. The van der Waals surface area contributed by atoms with Gasteiger partial charge in [-0.15, -0.1) is 0 Å². The number of nitriles is 1. The van der Waals surface area contributed by atoms with Crippen LogP contribution in [0.1, 0.15) is 12.5 Å². The Balaban J connectivity index is 3.03. The van der Waals surface area contributed by atoms with Crippen molar-refractivity contribution < 1.29 is 18.9 Å². The fourth-order valence-corrected chi connectivity index (χ4v) is 1.58. The molecule has 0 aliphatic carbocycles. The zero-order valence-corrected chi connectivity index (χ0v) is 10.9. The third-order valence-electron chi connectivity index (χ3n) is 2.58. The largest absolute Gasteiger partial charge is 0.373 e. The number of benzene rings is 1. The predicted molar refractivity (Wildman–Crippen MR) is 71.0 cm³/mol. The fourth-order valence-electron chi connectivity index (χ4n) is 1.58. The summed E-state index contributed by atoms with van der Waals surface area (Å²) in [6.07, 6.45) is 3.36. The van der Waals surface area contributed by atoms with Crippen LogP contribution in [0.4, 0.5) is 14.5 Å². The molecule has 2 N–H and O–H groups in total. The van der Waals surface area contributed by atoms with E-state index < -0.39 is 17.7 Å². The smallest absolute Gasteiger partial charge is 0.147 e. The summed E-state index contributed by atoms with van der Waals surface area (Å²) in [6, 6.07) is 2.58. The molecule has 0 aliphatic heterocycles. The Morgan fingerprint density at radius 3 is 2.80 bits per heavy atom. The molecular weight excluding hydrogens is 266 g/mol. The van der Waals surface area contributed by atoms with Crippen LogP contribution in [0.5, 0.6) is 0 Å². The molecule has 0 saturated heterocycles. The summed E-state index contributed by atoms with van der Waals surface area (Å²) in [5.41, 5.74) is -0.00444. The van der Waals surface area contributed by atoms with E-state index in [9.17, 15) is 8.78 Å². The van der Waals surface area contributed by atoms with E-state index in [1.807, 2.05) is 0 Å². The molecule has 20 heavy (non-hydrogen) atoms. The maximum absolute atomic E-state index is 13.7. The fraction of sp³-hybridized carbons (Fsp3) is 0.214. The first kappa shape index (κ1) is 15.8. The lowest BCUT2D eigenvalue weighted by atomic mass is 10.1. The Morgan fingerprint density at radius 2 is 2.25 bits per heavy atom. The third kappa shape index (κ3) is 3.88. The molecule has 4 nitrogen and oxygen atoms in total. The number of allylic oxidation sites excluding steroid dienone is 1. The molecule has 0 bridgehead atoms. The summed E-state index contributed by atoms with van der Waals surface area (Å²) in [4.78, 5) is 4.03. The second-order valence-electron chi connectivity index (χ2n) is 3.99. The van der Waals surface area contributed by atoms with Crippen molar-refractivity contribution in [2.45, 2.75) is 13.0 Å². The molecule has 0 aromatic heterocycles. The first-order valence-corrected chi connectivity index (χ1v) is 5.77. The van der Waals surface area contributed by atoms with Gasteiger partial charge in [0.2, 0.25) is 0 Å². The molecule has 0 aliphatic rings. The Labute approximate surface area is 115 Å². The van der Waals surface area contributed by atoms with Crippen molar-refractivity contribution in [3.8, 4) is 6.07 Å². The first-order chi connectivity index (χ1) is 9.53. The number of halogens is 2. The number of hydrogen-bond acceptors (Lipinski definition) is 4. The van der Waals surface area contributed by atoms with Crippen molar-refractivity contribution in [1.82, 2.24) is 0 Å². The molecule has 0 spiro atoms. The van der Waals surface area contributed by atoms with Gasteiger partial charge in [-0.25, -0.2) is 13.7 Å². The number of nitrogens with one attached hydrogen (secondary N) is 1. The SMILES string of the molecule is C=C(/C=C\C)[C@H](COO)Nc1cc(F)c(C#N)cc1F. The molecule has 0 amide bonds. The zero-order valence-electron chi connectivity index (χ0n) is 10.9. The quantitative estimate of drug-likeness (QED) is 0.477. The van der Waals surface area contributed by atoms with Crippen LogP contribution in [0.2, 0.25) is 0 Å². The van der Waals surface area contributed by atoms with E-state index in [1.54, 1.807) is 25.1 Å². The summed E-state index contributed by atoms with van der Waals surface area (Å²) in [5, 5.41) is 19.8. The Kier molecular flexibility index (Phi) is 5.84. The van der Waals surface area contributed by atoms with E-state index in [0.717, 1.165) is 12.1 Å². The molecule has 1 aromatic carbocycles. The van der Waals surface area contributed by atoms with Crippen LogP contribution >= 0.6 is 0 Å². The topological polar surface area (TPSA) is 65.3 Å². The number of hydrogen-bond donors (Lipinski definition) is 2. The maximum Gasteiger partial charge on any atom is 0.147 e. The van der Waals surface area contributed by atoms with Crippen molar-refractivity contribution >= 4 is 5.69 Å². The van der Waals surface area contributed by atoms with Gasteiger partial charge >= 0.3 is 0 Å². The maximum atomic E-state index is 13.7. The summed E-state index contributed by atoms with van der Waals surface area (Å²) >= 11 is 0. The summed E-state index contributed by atoms with van der Waals surface area (Å²) in [6.45, 7) is 5.31. The van der Waals surface area contributed by atoms with Gasteiger partial charge in [0.25, 0.3) is 0 Å². The predicted octanol–water partition coefficient (Wildman–Crippen LogP) is 3.24. The molecule has 0 fully saturated rings. The van der Waals surface area contributed by atoms with Crippen molar-refractivity contribution in [3.05, 3.63) is 53.6 Å². The lowest BCUT2D eigenvalue weighted by Gasteiger charge is -2.19. The van der Waals surface area contributed by atoms with Crippen LogP contribution in [-0.4, -0.2) is 17.9 Å². The van der Waals surface area contributed by atoms with Crippen LogP contribution in [0.25, 0.3) is 0 Å². The highest BCUT2D eigenvalue weighted by Gasteiger charge is 2.16. The monoisotopic (exact) mass is 280 g/mol. The Morgan fingerprint density at radius 1 is 1.55 bits per heavy atom. The zero-order chi connectivity index (χ0) is 15.1. The second kappa shape index (κ2) is 7.38. The summed E-state index contributed by atoms with van der Waals surface area (Å²) in [7, 11) is 0. The Bertz CT molecular complexity index is 565. The van der Waals surface area contributed by atoms with Crippen molar-refractivity contribution in [2.75, 3.05) is 11.9 Å². The van der Waals surface area contributed by atoms with Gasteiger partial charge in [-0.2, -0.15) is 5.26 Å². The van der Waals surface area contributed by atoms with Gasteiger partial charge in [0.05, 0.1) is 17.3 Å². The molecule has 1 atom stereocenters. The number of anilines is 1. The van der Waals surface area contributed by atoms with Crippen molar-refractivity contribution in [3.63, 3.8) is 0 Å². The van der Waals surface area contributed by atoms with E-state index in [0.29, 0.717) is 5.57 Å². The minimum absolute atomic E-state index is 0.144. The molecule has 0 saturated carbocycles. The number of nitrogens with zero attached hydrogens (tertiary/aromatic N) is 1. The highest BCUT2D eigenvalue weighted by Crippen LogP contribution is 2.21. The van der Waals surface area contributed by atoms with Gasteiger partial charge in [0.1, 0.15) is 24.3 Å². The van der Waals surface area contributed by atoms with E-state index in [2.05, 4.69) is 16.8 Å². The van der Waals surface area contributed by atoms with Gasteiger partial charge in [0, 0.05) is 6.07 Å². The Hall–Kier alpha value is -2.23. The van der Waals surface area contributed by atoms with Gasteiger partial charge < -0.3 is 5.32 Å². The average Bonchev–Trinajstić information content (AvgIpc) is 2.42. The summed E-state index contributed by atoms with van der Waals surface area (Å²) in [5.74, 6) is -1.61. The third-order valence-corrected chi connectivity index (χ3v) is 2.58. The van der Waals surface area contributed by atoms with Crippen molar-refractivity contribution in [1.29, 1.82) is 5.26 Å². The molecular formula is C14H14F2N2O2. The van der Waals surface area contributed by atoms with Crippen LogP contribution in [0, 0.1) is 23.0 Å². The highest BCUT2D eigenvalue weighted by molar-refractivity contribution is 5.52. The van der Waals surface area contributed by atoms with Crippen LogP contribution in [-0.2, 0) is 4.89 Å². The number of rotatable bonds is 6. The second-order valence-corrected chi connectivity index (χ2v) is 3.99. The van der Waals surface area contributed by atoms with Crippen molar-refractivity contribution in [2.24, 2.45) is 0 Å².